The molecule has 0 saturated carbocycles. The van der Waals surface area contributed by atoms with E-state index in [-0.39, 0.29) is 10.8 Å². The van der Waals surface area contributed by atoms with E-state index in [4.69, 9.17) is 9.47 Å². The van der Waals surface area contributed by atoms with Crippen LogP contribution in [0.3, 0.4) is 0 Å². The average Bonchev–Trinajstić information content (AvgIpc) is 2.06. The molecule has 2 nitrogen and oxygen atoms in total. The molecular weight excluding hydrogens is 200 g/mol. The van der Waals surface area contributed by atoms with Gasteiger partial charge in [-0.1, -0.05) is 41.5 Å². The van der Waals surface area contributed by atoms with Crippen molar-refractivity contribution >= 4 is 0 Å². The fraction of sp³-hybridized carbons (Fsp3) is 1.00. The predicted molar refractivity (Wildman–Crippen MR) is 69.8 cm³/mol. The van der Waals surface area contributed by atoms with Crippen LogP contribution < -0.4 is 0 Å². The Morgan fingerprint density at radius 3 is 1.19 bits per heavy atom. The Morgan fingerprint density at radius 1 is 0.625 bits per heavy atom. The minimum atomic E-state index is 0.280. The summed E-state index contributed by atoms with van der Waals surface area (Å²) in [4.78, 5) is 0. The van der Waals surface area contributed by atoms with Gasteiger partial charge in [0.15, 0.2) is 0 Å². The maximum Gasteiger partial charge on any atom is 0.0514 e. The number of hydrogen-bond acceptors (Lipinski definition) is 2. The number of rotatable bonds is 7. The number of ether oxygens (including phenoxy) is 2. The van der Waals surface area contributed by atoms with E-state index < -0.39 is 0 Å². The van der Waals surface area contributed by atoms with Crippen LogP contribution in [0, 0.1) is 10.8 Å². The first-order valence-electron chi connectivity index (χ1n) is 6.36. The molecule has 16 heavy (non-hydrogen) atoms. The van der Waals surface area contributed by atoms with Gasteiger partial charge in [0.1, 0.15) is 0 Å². The van der Waals surface area contributed by atoms with Crippen LogP contribution in [0.5, 0.6) is 0 Å². The first kappa shape index (κ1) is 15.9. The molecule has 0 amide bonds. The molecule has 0 aliphatic heterocycles. The van der Waals surface area contributed by atoms with Crippen molar-refractivity contribution in [2.45, 2.75) is 54.4 Å². The molecule has 0 aromatic heterocycles. The van der Waals surface area contributed by atoms with Gasteiger partial charge < -0.3 is 9.47 Å². The highest BCUT2D eigenvalue weighted by molar-refractivity contribution is 4.59. The second-order valence-corrected chi connectivity index (χ2v) is 6.93. The quantitative estimate of drug-likeness (QED) is 0.618. The summed E-state index contributed by atoms with van der Waals surface area (Å²) in [5, 5.41) is 0. The molecular formula is C14H30O2. The van der Waals surface area contributed by atoms with Crippen LogP contribution in [-0.4, -0.2) is 26.4 Å². The molecule has 0 fully saturated rings. The summed E-state index contributed by atoms with van der Waals surface area (Å²) in [5.41, 5.74) is 0.561. The Kier molecular flexibility index (Phi) is 7.25. The highest BCUT2D eigenvalue weighted by Gasteiger charge is 2.10. The first-order valence-corrected chi connectivity index (χ1v) is 6.36. The van der Waals surface area contributed by atoms with Crippen molar-refractivity contribution in [2.24, 2.45) is 10.8 Å². The number of unbranched alkanes of at least 4 members (excludes halogenated alkanes) is 1. The van der Waals surface area contributed by atoms with Crippen LogP contribution >= 0.6 is 0 Å². The predicted octanol–water partition coefficient (Wildman–Crippen LogP) is 3.89. The smallest absolute Gasteiger partial charge is 0.0514 e. The van der Waals surface area contributed by atoms with Crippen molar-refractivity contribution in [3.8, 4) is 0 Å². The molecule has 0 aliphatic rings. The molecule has 0 bridgehead atoms. The largest absolute Gasteiger partial charge is 0.381 e. The first-order chi connectivity index (χ1) is 7.21. The van der Waals surface area contributed by atoms with E-state index in [1.54, 1.807) is 0 Å². The summed E-state index contributed by atoms with van der Waals surface area (Å²) in [5.74, 6) is 0. The maximum absolute atomic E-state index is 5.59. The molecule has 0 spiro atoms. The maximum atomic E-state index is 5.59. The SMILES string of the molecule is CC(C)(C)COCCCCOCC(C)(C)C. The molecule has 2 heteroatoms. The van der Waals surface area contributed by atoms with E-state index in [0.717, 1.165) is 39.3 Å². The van der Waals surface area contributed by atoms with Crippen LogP contribution in [0.2, 0.25) is 0 Å². The van der Waals surface area contributed by atoms with E-state index in [0.29, 0.717) is 0 Å². The lowest BCUT2D eigenvalue weighted by Crippen LogP contribution is -2.16. The molecule has 0 rings (SSSR count). The van der Waals surface area contributed by atoms with Crippen LogP contribution in [0.15, 0.2) is 0 Å². The standard InChI is InChI=1S/C14H30O2/c1-13(2,3)11-15-9-7-8-10-16-12-14(4,5)6/h7-12H2,1-6H3. The molecule has 0 aromatic rings. The van der Waals surface area contributed by atoms with Crippen molar-refractivity contribution in [3.05, 3.63) is 0 Å². The summed E-state index contributed by atoms with van der Waals surface area (Å²) in [6.07, 6.45) is 2.19. The second-order valence-electron chi connectivity index (χ2n) is 6.93. The highest BCUT2D eigenvalue weighted by atomic mass is 16.5. The second kappa shape index (κ2) is 7.29. The average molecular weight is 230 g/mol. The lowest BCUT2D eigenvalue weighted by atomic mass is 9.99. The zero-order valence-corrected chi connectivity index (χ0v) is 12.1. The van der Waals surface area contributed by atoms with E-state index in [1.807, 2.05) is 0 Å². The molecule has 0 heterocycles. The van der Waals surface area contributed by atoms with Crippen molar-refractivity contribution in [1.29, 1.82) is 0 Å². The molecule has 0 unspecified atom stereocenters. The molecule has 98 valence electrons. The van der Waals surface area contributed by atoms with Gasteiger partial charge in [-0.3, -0.25) is 0 Å². The van der Waals surface area contributed by atoms with E-state index >= 15 is 0 Å². The molecule has 0 radical (unpaired) electrons. The van der Waals surface area contributed by atoms with Gasteiger partial charge in [-0.25, -0.2) is 0 Å². The van der Waals surface area contributed by atoms with Crippen molar-refractivity contribution in [2.75, 3.05) is 26.4 Å². The lowest BCUT2D eigenvalue weighted by molar-refractivity contribution is 0.0485. The summed E-state index contributed by atoms with van der Waals surface area (Å²) in [6, 6.07) is 0. The van der Waals surface area contributed by atoms with Gasteiger partial charge >= 0.3 is 0 Å². The Labute approximate surface area is 102 Å². The monoisotopic (exact) mass is 230 g/mol. The Hall–Kier alpha value is -0.0800. The third kappa shape index (κ3) is 13.9. The van der Waals surface area contributed by atoms with Crippen LogP contribution in [0.25, 0.3) is 0 Å². The minimum absolute atomic E-state index is 0.280. The van der Waals surface area contributed by atoms with Gasteiger partial charge in [0.2, 0.25) is 0 Å². The van der Waals surface area contributed by atoms with Gasteiger partial charge in [0.05, 0.1) is 13.2 Å². The lowest BCUT2D eigenvalue weighted by Gasteiger charge is -2.19. The fourth-order valence-electron chi connectivity index (χ4n) is 1.16. The summed E-state index contributed by atoms with van der Waals surface area (Å²) >= 11 is 0. The van der Waals surface area contributed by atoms with Gasteiger partial charge in [0.25, 0.3) is 0 Å². The molecule has 0 aliphatic carbocycles. The summed E-state index contributed by atoms with van der Waals surface area (Å²) in [6.45, 7) is 16.6. The van der Waals surface area contributed by atoms with Crippen LogP contribution in [0.1, 0.15) is 54.4 Å². The Bertz CT molecular complexity index is 143. The van der Waals surface area contributed by atoms with E-state index in [2.05, 4.69) is 41.5 Å². The topological polar surface area (TPSA) is 18.5 Å². The molecule has 0 aromatic carbocycles. The molecule has 0 saturated heterocycles. The molecule has 0 atom stereocenters. The van der Waals surface area contributed by atoms with Crippen molar-refractivity contribution in [3.63, 3.8) is 0 Å². The van der Waals surface area contributed by atoms with Gasteiger partial charge in [-0.05, 0) is 23.7 Å². The van der Waals surface area contributed by atoms with E-state index in [1.165, 1.54) is 0 Å². The minimum Gasteiger partial charge on any atom is -0.381 e. The van der Waals surface area contributed by atoms with Crippen LogP contribution in [-0.2, 0) is 9.47 Å². The van der Waals surface area contributed by atoms with Crippen molar-refractivity contribution < 1.29 is 9.47 Å². The fourth-order valence-corrected chi connectivity index (χ4v) is 1.16. The van der Waals surface area contributed by atoms with Gasteiger partial charge in [-0.2, -0.15) is 0 Å². The zero-order valence-electron chi connectivity index (χ0n) is 12.1. The Balaban J connectivity index is 3.17. The third-order valence-electron chi connectivity index (χ3n) is 1.90. The third-order valence-corrected chi connectivity index (χ3v) is 1.90. The van der Waals surface area contributed by atoms with Gasteiger partial charge in [-0.15, -0.1) is 0 Å². The number of hydrogen-bond donors (Lipinski definition) is 0. The zero-order chi connectivity index (χ0) is 12.7. The van der Waals surface area contributed by atoms with Crippen LogP contribution in [0.4, 0.5) is 0 Å². The highest BCUT2D eigenvalue weighted by Crippen LogP contribution is 2.14. The normalized spacial score (nSPS) is 13.1. The van der Waals surface area contributed by atoms with Crippen molar-refractivity contribution in [1.82, 2.24) is 0 Å². The molecule has 0 N–H and O–H groups in total. The van der Waals surface area contributed by atoms with E-state index in [9.17, 15) is 0 Å². The Morgan fingerprint density at radius 2 is 0.938 bits per heavy atom. The summed E-state index contributed by atoms with van der Waals surface area (Å²) < 4.78 is 11.2. The van der Waals surface area contributed by atoms with Gasteiger partial charge in [0, 0.05) is 13.2 Å². The summed E-state index contributed by atoms with van der Waals surface area (Å²) in [7, 11) is 0.